The highest BCUT2D eigenvalue weighted by Crippen LogP contribution is 2.28. The van der Waals surface area contributed by atoms with E-state index in [2.05, 4.69) is 6.92 Å². The Kier molecular flexibility index (Phi) is 6.19. The quantitative estimate of drug-likeness (QED) is 0.741. The van der Waals surface area contributed by atoms with Crippen molar-refractivity contribution in [2.75, 3.05) is 14.2 Å². The zero-order valence-electron chi connectivity index (χ0n) is 10.8. The maximum absolute atomic E-state index is 10.2. The van der Waals surface area contributed by atoms with Gasteiger partial charge in [-0.3, -0.25) is 0 Å². The van der Waals surface area contributed by atoms with Crippen LogP contribution in [0.15, 0.2) is 24.3 Å². The lowest BCUT2D eigenvalue weighted by Crippen LogP contribution is -2.10. The fraction of sp³-hybridized carbons (Fsp3) is 0.571. The normalized spacial score (nSPS) is 13.0. The summed E-state index contributed by atoms with van der Waals surface area (Å²) in [4.78, 5) is 0. The molecule has 1 aromatic rings. The van der Waals surface area contributed by atoms with E-state index >= 15 is 0 Å². The molecule has 1 rings (SSSR count). The minimum atomic E-state index is -0.445. The number of benzene rings is 1. The van der Waals surface area contributed by atoms with Gasteiger partial charge in [0.1, 0.15) is 0 Å². The lowest BCUT2D eigenvalue weighted by molar-refractivity contribution is -0.107. The SMILES string of the molecule is CCCC[C@@H](O)c1ccccc1C(OC)OC. The van der Waals surface area contributed by atoms with Crippen LogP contribution in [0.4, 0.5) is 0 Å². The summed E-state index contributed by atoms with van der Waals surface area (Å²) < 4.78 is 10.5. The van der Waals surface area contributed by atoms with E-state index in [1.54, 1.807) is 14.2 Å². The maximum Gasteiger partial charge on any atom is 0.183 e. The van der Waals surface area contributed by atoms with Gasteiger partial charge in [0.2, 0.25) is 0 Å². The average molecular weight is 238 g/mol. The lowest BCUT2D eigenvalue weighted by Gasteiger charge is -2.20. The highest BCUT2D eigenvalue weighted by Gasteiger charge is 2.18. The Labute approximate surface area is 103 Å². The molecule has 0 radical (unpaired) electrons. The Hall–Kier alpha value is -0.900. The molecule has 1 N–H and O–H groups in total. The minimum absolute atomic E-state index is 0.414. The minimum Gasteiger partial charge on any atom is -0.388 e. The van der Waals surface area contributed by atoms with Gasteiger partial charge in [-0.25, -0.2) is 0 Å². The van der Waals surface area contributed by atoms with Gasteiger partial charge in [0.25, 0.3) is 0 Å². The molecule has 0 unspecified atom stereocenters. The topological polar surface area (TPSA) is 38.7 Å². The summed E-state index contributed by atoms with van der Waals surface area (Å²) in [7, 11) is 3.20. The van der Waals surface area contributed by atoms with Crippen LogP contribution in [0.1, 0.15) is 49.7 Å². The number of hydrogen-bond donors (Lipinski definition) is 1. The van der Waals surface area contributed by atoms with Crippen molar-refractivity contribution in [3.8, 4) is 0 Å². The molecule has 0 aliphatic heterocycles. The number of methoxy groups -OCH3 is 2. The van der Waals surface area contributed by atoms with Crippen LogP contribution in [0.2, 0.25) is 0 Å². The molecular weight excluding hydrogens is 216 g/mol. The Morgan fingerprint density at radius 2 is 1.71 bits per heavy atom. The Balaban J connectivity index is 2.90. The summed E-state index contributed by atoms with van der Waals surface area (Å²) in [6, 6.07) is 7.72. The van der Waals surface area contributed by atoms with E-state index in [4.69, 9.17) is 9.47 Å². The fourth-order valence-corrected chi connectivity index (χ4v) is 1.93. The van der Waals surface area contributed by atoms with Crippen molar-refractivity contribution in [3.05, 3.63) is 35.4 Å². The zero-order valence-corrected chi connectivity index (χ0v) is 10.8. The van der Waals surface area contributed by atoms with Gasteiger partial charge < -0.3 is 14.6 Å². The fourth-order valence-electron chi connectivity index (χ4n) is 1.93. The van der Waals surface area contributed by atoms with Crippen LogP contribution in [0.3, 0.4) is 0 Å². The predicted molar refractivity (Wildman–Crippen MR) is 67.7 cm³/mol. The molecule has 0 spiro atoms. The number of ether oxygens (including phenoxy) is 2. The Bertz CT molecular complexity index is 321. The van der Waals surface area contributed by atoms with E-state index in [1.165, 1.54) is 0 Å². The molecule has 0 fully saturated rings. The van der Waals surface area contributed by atoms with Crippen molar-refractivity contribution >= 4 is 0 Å². The third-order valence-electron chi connectivity index (χ3n) is 2.87. The molecule has 96 valence electrons. The third-order valence-corrected chi connectivity index (χ3v) is 2.87. The van der Waals surface area contributed by atoms with Crippen molar-refractivity contribution in [3.63, 3.8) is 0 Å². The average Bonchev–Trinajstić information content (AvgIpc) is 2.38. The second-order valence-corrected chi connectivity index (χ2v) is 4.09. The number of rotatable bonds is 7. The molecule has 0 amide bonds. The molecule has 3 heteroatoms. The van der Waals surface area contributed by atoms with E-state index < -0.39 is 12.4 Å². The monoisotopic (exact) mass is 238 g/mol. The van der Waals surface area contributed by atoms with Gasteiger partial charge in [-0.2, -0.15) is 0 Å². The van der Waals surface area contributed by atoms with Crippen LogP contribution in [-0.4, -0.2) is 19.3 Å². The van der Waals surface area contributed by atoms with E-state index in [9.17, 15) is 5.11 Å². The van der Waals surface area contributed by atoms with Crippen molar-refractivity contribution < 1.29 is 14.6 Å². The standard InChI is InChI=1S/C14H22O3/c1-4-5-10-13(15)11-8-6-7-9-12(11)14(16-2)17-3/h6-9,13-15H,4-5,10H2,1-3H3/t13-/m1/s1. The van der Waals surface area contributed by atoms with Crippen LogP contribution in [0.25, 0.3) is 0 Å². The summed E-state index contributed by atoms with van der Waals surface area (Å²) in [5.41, 5.74) is 1.80. The maximum atomic E-state index is 10.2. The lowest BCUT2D eigenvalue weighted by atomic mass is 9.98. The molecular formula is C14H22O3. The molecule has 1 atom stereocenters. The predicted octanol–water partition coefficient (Wildman–Crippen LogP) is 3.20. The Morgan fingerprint density at radius 1 is 1.12 bits per heavy atom. The van der Waals surface area contributed by atoms with Crippen LogP contribution in [0, 0.1) is 0 Å². The number of aliphatic hydroxyl groups excluding tert-OH is 1. The molecule has 0 bridgehead atoms. The molecule has 0 aliphatic carbocycles. The second-order valence-electron chi connectivity index (χ2n) is 4.09. The van der Waals surface area contributed by atoms with Crippen molar-refractivity contribution in [1.29, 1.82) is 0 Å². The van der Waals surface area contributed by atoms with Crippen LogP contribution >= 0.6 is 0 Å². The largest absolute Gasteiger partial charge is 0.388 e. The number of aliphatic hydroxyl groups is 1. The van der Waals surface area contributed by atoms with Gasteiger partial charge in [-0.1, -0.05) is 44.0 Å². The van der Waals surface area contributed by atoms with Gasteiger partial charge >= 0.3 is 0 Å². The molecule has 0 aromatic heterocycles. The summed E-state index contributed by atoms with van der Waals surface area (Å²) in [6.45, 7) is 2.12. The summed E-state index contributed by atoms with van der Waals surface area (Å²) in [5, 5.41) is 10.2. The van der Waals surface area contributed by atoms with Crippen LogP contribution in [0.5, 0.6) is 0 Å². The first-order valence-corrected chi connectivity index (χ1v) is 6.07. The van der Waals surface area contributed by atoms with Gasteiger partial charge in [-0.05, 0) is 12.0 Å². The molecule has 1 aromatic carbocycles. The van der Waals surface area contributed by atoms with Gasteiger partial charge in [0.05, 0.1) is 6.10 Å². The molecule has 0 heterocycles. The third kappa shape index (κ3) is 3.80. The smallest absolute Gasteiger partial charge is 0.183 e. The summed E-state index contributed by atoms with van der Waals surface area (Å²) in [5.74, 6) is 0. The number of unbranched alkanes of at least 4 members (excludes halogenated alkanes) is 1. The highest BCUT2D eigenvalue weighted by atomic mass is 16.7. The molecule has 3 nitrogen and oxygen atoms in total. The van der Waals surface area contributed by atoms with E-state index in [0.29, 0.717) is 0 Å². The van der Waals surface area contributed by atoms with Gasteiger partial charge in [0, 0.05) is 19.8 Å². The summed E-state index contributed by atoms with van der Waals surface area (Å²) >= 11 is 0. The molecule has 0 saturated carbocycles. The first kappa shape index (κ1) is 14.2. The van der Waals surface area contributed by atoms with Crippen molar-refractivity contribution in [1.82, 2.24) is 0 Å². The Morgan fingerprint density at radius 3 is 2.24 bits per heavy atom. The van der Waals surface area contributed by atoms with E-state index in [1.807, 2.05) is 24.3 Å². The highest BCUT2D eigenvalue weighted by molar-refractivity contribution is 5.30. The van der Waals surface area contributed by atoms with Crippen molar-refractivity contribution in [2.24, 2.45) is 0 Å². The second kappa shape index (κ2) is 7.43. The van der Waals surface area contributed by atoms with E-state index in [0.717, 1.165) is 30.4 Å². The van der Waals surface area contributed by atoms with Gasteiger partial charge in [-0.15, -0.1) is 0 Å². The first-order valence-electron chi connectivity index (χ1n) is 6.07. The zero-order chi connectivity index (χ0) is 12.7. The first-order chi connectivity index (χ1) is 8.24. The van der Waals surface area contributed by atoms with E-state index in [-0.39, 0.29) is 0 Å². The molecule has 17 heavy (non-hydrogen) atoms. The van der Waals surface area contributed by atoms with Crippen LogP contribution < -0.4 is 0 Å². The molecule has 0 saturated heterocycles. The summed E-state index contributed by atoms with van der Waals surface area (Å²) in [6.07, 6.45) is 2.01. The number of hydrogen-bond acceptors (Lipinski definition) is 3. The van der Waals surface area contributed by atoms with Crippen molar-refractivity contribution in [2.45, 2.75) is 38.6 Å². The molecule has 0 aliphatic rings. The van der Waals surface area contributed by atoms with Gasteiger partial charge in [0.15, 0.2) is 6.29 Å². The van der Waals surface area contributed by atoms with Crippen LogP contribution in [-0.2, 0) is 9.47 Å².